The largest absolute Gasteiger partial charge is 0.483 e. The lowest BCUT2D eigenvalue weighted by atomic mass is 10.3. The second-order valence-electron chi connectivity index (χ2n) is 4.13. The monoisotopic (exact) mass is 496 g/mol. The van der Waals surface area contributed by atoms with Gasteiger partial charge in [0.1, 0.15) is 5.52 Å². The molecule has 6 N–H and O–H groups in total. The van der Waals surface area contributed by atoms with Crippen LogP contribution in [-0.2, 0) is 4.79 Å². The van der Waals surface area contributed by atoms with E-state index in [0.717, 1.165) is 20.0 Å². The number of hydrogen-bond acceptors (Lipinski definition) is 4. The van der Waals surface area contributed by atoms with Crippen LogP contribution < -0.4 is 11.5 Å². The predicted molar refractivity (Wildman–Crippen MR) is 105 cm³/mol. The summed E-state index contributed by atoms with van der Waals surface area (Å²) >= 11 is 18.2. The van der Waals surface area contributed by atoms with Gasteiger partial charge in [0.2, 0.25) is 0 Å². The fourth-order valence-corrected chi connectivity index (χ4v) is 2.58. The number of aromatic amines is 1. The van der Waals surface area contributed by atoms with Gasteiger partial charge in [0.25, 0.3) is 6.47 Å². The summed E-state index contributed by atoms with van der Waals surface area (Å²) < 4.78 is 1.64. The molecule has 0 saturated heterocycles. The number of aromatic nitrogens is 2. The number of H-pyrrole nitrogens is 1. The number of nitrogens with one attached hydrogen (secondary N) is 1. The maximum absolute atomic E-state index is 8.36. The fourth-order valence-electron chi connectivity index (χ4n) is 1.53. The molecule has 0 fully saturated rings. The van der Waals surface area contributed by atoms with Crippen LogP contribution in [-0.4, -0.2) is 21.5 Å². The maximum Gasteiger partial charge on any atom is 0.290 e. The van der Waals surface area contributed by atoms with E-state index in [0.29, 0.717) is 21.4 Å². The zero-order valence-corrected chi connectivity index (χ0v) is 16.6. The second-order valence-corrected chi connectivity index (χ2v) is 6.59. The number of carbonyl (C=O) groups is 1. The van der Waals surface area contributed by atoms with Crippen LogP contribution >= 0.6 is 55.1 Å². The highest BCUT2D eigenvalue weighted by Crippen LogP contribution is 2.32. The van der Waals surface area contributed by atoms with Crippen molar-refractivity contribution >= 4 is 83.9 Å². The van der Waals surface area contributed by atoms with E-state index in [-0.39, 0.29) is 6.47 Å². The van der Waals surface area contributed by atoms with Crippen LogP contribution in [0.4, 0.5) is 11.4 Å². The maximum atomic E-state index is 8.36. The van der Waals surface area contributed by atoms with E-state index in [1.54, 1.807) is 18.5 Å². The summed E-state index contributed by atoms with van der Waals surface area (Å²) in [6.45, 7) is -0.250. The fraction of sp³-hybridized carbons (Fsp3) is 0. The Labute approximate surface area is 164 Å². The molecule has 0 bridgehead atoms. The standard InChI is InChI=1S/C7H4BrClN2.C6H6BrClN2.CH2O2/c8-4-1-2-5-7(6(4)9)11-3-10-5;7-3-1-2-4(9)6(10)5(3)8;2-1-3/h1-3H,(H,10,11);1-2H,9-10H2;1H,(H,2,3). The number of benzene rings is 2. The molecule has 10 heteroatoms. The van der Waals surface area contributed by atoms with Crippen LogP contribution in [0.1, 0.15) is 0 Å². The first-order valence-corrected chi connectivity index (χ1v) is 8.51. The lowest BCUT2D eigenvalue weighted by molar-refractivity contribution is -0.122. The average molecular weight is 499 g/mol. The van der Waals surface area contributed by atoms with Gasteiger partial charge in [-0.25, -0.2) is 4.98 Å². The van der Waals surface area contributed by atoms with Crippen molar-refractivity contribution in [3.05, 3.63) is 49.6 Å². The molecule has 6 nitrogen and oxygen atoms in total. The molecule has 3 rings (SSSR count). The van der Waals surface area contributed by atoms with Crippen LogP contribution in [0.2, 0.25) is 10.0 Å². The molecule has 24 heavy (non-hydrogen) atoms. The molecule has 0 aliphatic rings. The van der Waals surface area contributed by atoms with Crippen molar-refractivity contribution in [2.75, 3.05) is 11.5 Å². The zero-order valence-electron chi connectivity index (χ0n) is 11.9. The summed E-state index contributed by atoms with van der Waals surface area (Å²) in [5.41, 5.74) is 13.7. The summed E-state index contributed by atoms with van der Waals surface area (Å²) in [5, 5.41) is 8.02. The topological polar surface area (TPSA) is 118 Å². The van der Waals surface area contributed by atoms with E-state index in [1.165, 1.54) is 0 Å². The average Bonchev–Trinajstić information content (AvgIpc) is 3.03. The van der Waals surface area contributed by atoms with Gasteiger partial charge in [0, 0.05) is 8.95 Å². The van der Waals surface area contributed by atoms with Gasteiger partial charge in [-0.05, 0) is 56.1 Å². The quantitative estimate of drug-likeness (QED) is 0.258. The Bertz CT molecular complexity index is 816. The molecule has 0 unspecified atom stereocenters. The summed E-state index contributed by atoms with van der Waals surface area (Å²) in [6.07, 6.45) is 1.63. The van der Waals surface area contributed by atoms with E-state index in [1.807, 2.05) is 12.1 Å². The van der Waals surface area contributed by atoms with Gasteiger partial charge in [-0.3, -0.25) is 4.79 Å². The number of hydrogen-bond donors (Lipinski definition) is 4. The number of anilines is 2. The molecule has 0 amide bonds. The third-order valence-electron chi connectivity index (χ3n) is 2.65. The highest BCUT2D eigenvalue weighted by Gasteiger charge is 2.04. The highest BCUT2D eigenvalue weighted by atomic mass is 79.9. The van der Waals surface area contributed by atoms with E-state index >= 15 is 0 Å². The minimum Gasteiger partial charge on any atom is -0.483 e. The number of rotatable bonds is 0. The lowest BCUT2D eigenvalue weighted by Gasteiger charge is -2.02. The van der Waals surface area contributed by atoms with Gasteiger partial charge < -0.3 is 21.6 Å². The molecule has 0 atom stereocenters. The number of carboxylic acid groups (broad SMARTS) is 1. The number of imidazole rings is 1. The molecular formula is C14H12Br2Cl2N4O2. The van der Waals surface area contributed by atoms with Gasteiger partial charge in [-0.2, -0.15) is 0 Å². The lowest BCUT2D eigenvalue weighted by Crippen LogP contribution is -1.94. The van der Waals surface area contributed by atoms with Crippen molar-refractivity contribution in [3.8, 4) is 0 Å². The van der Waals surface area contributed by atoms with Crippen LogP contribution in [0.15, 0.2) is 39.5 Å². The van der Waals surface area contributed by atoms with Crippen LogP contribution in [0.5, 0.6) is 0 Å². The van der Waals surface area contributed by atoms with Gasteiger partial charge >= 0.3 is 0 Å². The molecule has 1 heterocycles. The Morgan fingerprint density at radius 1 is 1.08 bits per heavy atom. The van der Waals surface area contributed by atoms with E-state index in [4.69, 9.17) is 44.6 Å². The number of nitrogen functional groups attached to an aromatic ring is 2. The number of nitrogens with two attached hydrogens (primary N) is 2. The Kier molecular flexibility index (Phi) is 8.34. The first-order chi connectivity index (χ1) is 11.3. The summed E-state index contributed by atoms with van der Waals surface area (Å²) in [5.74, 6) is 0. The Balaban J connectivity index is 0.000000208. The zero-order chi connectivity index (χ0) is 18.3. The first kappa shape index (κ1) is 20.6. The van der Waals surface area contributed by atoms with Crippen molar-refractivity contribution in [3.63, 3.8) is 0 Å². The van der Waals surface area contributed by atoms with E-state index in [2.05, 4.69) is 41.8 Å². The van der Waals surface area contributed by atoms with Crippen molar-refractivity contribution in [1.29, 1.82) is 0 Å². The van der Waals surface area contributed by atoms with Crippen molar-refractivity contribution in [1.82, 2.24) is 9.97 Å². The molecule has 128 valence electrons. The smallest absolute Gasteiger partial charge is 0.290 e. The number of halogens is 4. The number of nitrogens with zero attached hydrogens (tertiary/aromatic N) is 1. The highest BCUT2D eigenvalue weighted by molar-refractivity contribution is 9.10. The summed E-state index contributed by atoms with van der Waals surface area (Å²) in [4.78, 5) is 15.4. The molecule has 0 aliphatic heterocycles. The Morgan fingerprint density at radius 2 is 1.62 bits per heavy atom. The van der Waals surface area contributed by atoms with Gasteiger partial charge in [-0.15, -0.1) is 0 Å². The molecule has 0 spiro atoms. The van der Waals surface area contributed by atoms with Crippen molar-refractivity contribution < 1.29 is 9.90 Å². The summed E-state index contributed by atoms with van der Waals surface area (Å²) in [7, 11) is 0. The number of fused-ring (bicyclic) bond motifs is 1. The van der Waals surface area contributed by atoms with Crippen molar-refractivity contribution in [2.24, 2.45) is 0 Å². The first-order valence-electron chi connectivity index (χ1n) is 6.17. The molecule has 0 aliphatic carbocycles. The third-order valence-corrected chi connectivity index (χ3v) is 5.22. The van der Waals surface area contributed by atoms with E-state index < -0.39 is 0 Å². The minimum atomic E-state index is -0.250. The summed E-state index contributed by atoms with van der Waals surface area (Å²) in [6, 6.07) is 7.28. The normalized spacial score (nSPS) is 9.50. The molecule has 0 saturated carbocycles. The molecule has 0 radical (unpaired) electrons. The predicted octanol–water partition coefficient (Wildman–Crippen LogP) is 4.95. The van der Waals surface area contributed by atoms with Crippen molar-refractivity contribution in [2.45, 2.75) is 0 Å². The van der Waals surface area contributed by atoms with Gasteiger partial charge in [0.05, 0.1) is 33.3 Å². The van der Waals surface area contributed by atoms with Gasteiger partial charge in [-0.1, -0.05) is 23.2 Å². The van der Waals surface area contributed by atoms with Crippen LogP contribution in [0.25, 0.3) is 11.0 Å². The minimum absolute atomic E-state index is 0.250. The second kappa shape index (κ2) is 9.73. The van der Waals surface area contributed by atoms with Gasteiger partial charge in [0.15, 0.2) is 0 Å². The molecular weight excluding hydrogens is 487 g/mol. The Hall–Kier alpha value is -1.48. The van der Waals surface area contributed by atoms with Crippen LogP contribution in [0.3, 0.4) is 0 Å². The molecule has 2 aromatic carbocycles. The van der Waals surface area contributed by atoms with E-state index in [9.17, 15) is 0 Å². The Morgan fingerprint density at radius 3 is 2.21 bits per heavy atom. The van der Waals surface area contributed by atoms with Crippen LogP contribution in [0, 0.1) is 0 Å². The molecule has 3 aromatic rings. The third kappa shape index (κ3) is 5.27. The molecule has 1 aromatic heterocycles. The SMILES string of the molecule is Clc1c(Br)ccc2[nH]cnc12.Nc1ccc(Br)c(Cl)c1N.O=CO.